The number of aldehydes is 1. The van der Waals surface area contributed by atoms with Gasteiger partial charge in [0, 0.05) is 18.0 Å². The zero-order valence-corrected chi connectivity index (χ0v) is 19.6. The van der Waals surface area contributed by atoms with Crippen LogP contribution < -0.4 is 19.9 Å². The molecule has 0 aliphatic carbocycles. The molecule has 3 unspecified atom stereocenters. The Labute approximate surface area is 195 Å². The van der Waals surface area contributed by atoms with Crippen LogP contribution in [0.4, 0.5) is 0 Å². The van der Waals surface area contributed by atoms with Crippen molar-refractivity contribution in [2.75, 3.05) is 27.3 Å². The van der Waals surface area contributed by atoms with E-state index in [-0.39, 0.29) is 17.5 Å². The Hall–Kier alpha value is -2.28. The number of ether oxygens (including phenoxy) is 3. The summed E-state index contributed by atoms with van der Waals surface area (Å²) in [6.07, 6.45) is 5.01. The molecule has 6 nitrogen and oxygen atoms in total. The molecule has 3 rings (SSSR count). The van der Waals surface area contributed by atoms with Gasteiger partial charge in [0.15, 0.2) is 0 Å². The molecule has 1 saturated heterocycles. The van der Waals surface area contributed by atoms with Crippen molar-refractivity contribution in [1.29, 1.82) is 0 Å². The fourth-order valence-corrected chi connectivity index (χ4v) is 4.34. The number of likely N-dealkylation sites (tertiary alicyclic amines) is 1. The van der Waals surface area contributed by atoms with Crippen LogP contribution in [0.25, 0.3) is 0 Å². The molecule has 3 atom stereocenters. The van der Waals surface area contributed by atoms with Gasteiger partial charge in [-0.25, -0.2) is 0 Å². The van der Waals surface area contributed by atoms with Gasteiger partial charge < -0.3 is 24.7 Å². The van der Waals surface area contributed by atoms with E-state index in [1.165, 1.54) is 6.42 Å². The summed E-state index contributed by atoms with van der Waals surface area (Å²) in [4.78, 5) is 14.0. The van der Waals surface area contributed by atoms with Gasteiger partial charge in [-0.1, -0.05) is 18.6 Å². The van der Waals surface area contributed by atoms with Gasteiger partial charge >= 0.3 is 0 Å². The molecule has 1 aliphatic rings. The Morgan fingerprint density at radius 2 is 1.62 bits per heavy atom. The number of hydrogen-bond donors (Lipinski definition) is 1. The van der Waals surface area contributed by atoms with Crippen LogP contribution >= 0.6 is 11.6 Å². The summed E-state index contributed by atoms with van der Waals surface area (Å²) in [6, 6.07) is 12.9. The lowest BCUT2D eigenvalue weighted by molar-refractivity contribution is -0.109. The molecule has 174 valence electrons. The standard InChI is InChI=1S/C25H33ClN2O4/c1-30-22-12-18(13-23(15-22)31-2)17-32-21-8-6-19(7-9-21)20(16-29)14-24(27)25(26)28-10-4-3-5-11-28/h6-9,12-13,15-16,20,24-25H,3-5,10-11,14,17,27H2,1-2H3. The van der Waals surface area contributed by atoms with Gasteiger partial charge in [0.1, 0.15) is 35.6 Å². The molecule has 0 spiro atoms. The van der Waals surface area contributed by atoms with Gasteiger partial charge in [-0.3, -0.25) is 4.90 Å². The molecule has 0 bridgehead atoms. The Kier molecular flexibility index (Phi) is 9.21. The summed E-state index contributed by atoms with van der Waals surface area (Å²) in [5.74, 6) is 1.84. The summed E-state index contributed by atoms with van der Waals surface area (Å²) in [6.45, 7) is 2.32. The third-order valence-corrected chi connectivity index (χ3v) is 6.51. The first-order valence-corrected chi connectivity index (χ1v) is 11.5. The van der Waals surface area contributed by atoms with Gasteiger partial charge in [0.25, 0.3) is 0 Å². The van der Waals surface area contributed by atoms with Gasteiger partial charge in [-0.15, -0.1) is 11.6 Å². The van der Waals surface area contributed by atoms with Crippen molar-refractivity contribution in [1.82, 2.24) is 4.90 Å². The van der Waals surface area contributed by atoms with Gasteiger partial charge in [0.2, 0.25) is 0 Å². The first kappa shape index (κ1) is 24.4. The molecule has 0 amide bonds. The monoisotopic (exact) mass is 460 g/mol. The summed E-state index contributed by atoms with van der Waals surface area (Å²) >= 11 is 6.61. The van der Waals surface area contributed by atoms with E-state index in [1.54, 1.807) is 14.2 Å². The number of carbonyl (C=O) groups is 1. The van der Waals surface area contributed by atoms with Crippen molar-refractivity contribution in [2.45, 2.75) is 49.8 Å². The van der Waals surface area contributed by atoms with E-state index in [0.717, 1.165) is 43.3 Å². The Morgan fingerprint density at radius 3 is 2.19 bits per heavy atom. The van der Waals surface area contributed by atoms with Crippen molar-refractivity contribution < 1.29 is 19.0 Å². The van der Waals surface area contributed by atoms with Crippen molar-refractivity contribution in [3.63, 3.8) is 0 Å². The third-order valence-electron chi connectivity index (χ3n) is 5.91. The fourth-order valence-electron chi connectivity index (χ4n) is 4.04. The Morgan fingerprint density at radius 1 is 1.00 bits per heavy atom. The second kappa shape index (κ2) is 12.1. The number of benzene rings is 2. The highest BCUT2D eigenvalue weighted by Crippen LogP contribution is 2.27. The lowest BCUT2D eigenvalue weighted by Crippen LogP contribution is -2.47. The van der Waals surface area contributed by atoms with Crippen LogP contribution in [0.3, 0.4) is 0 Å². The molecular weight excluding hydrogens is 428 g/mol. The van der Waals surface area contributed by atoms with E-state index in [1.807, 2.05) is 42.5 Å². The molecule has 32 heavy (non-hydrogen) atoms. The highest BCUT2D eigenvalue weighted by atomic mass is 35.5. The van der Waals surface area contributed by atoms with E-state index < -0.39 is 0 Å². The zero-order valence-electron chi connectivity index (χ0n) is 18.8. The first-order valence-electron chi connectivity index (χ1n) is 11.1. The maximum atomic E-state index is 11.8. The van der Waals surface area contributed by atoms with Crippen molar-refractivity contribution in [3.8, 4) is 17.2 Å². The number of rotatable bonds is 11. The summed E-state index contributed by atoms with van der Waals surface area (Å²) < 4.78 is 16.5. The average molecular weight is 461 g/mol. The van der Waals surface area contributed by atoms with E-state index >= 15 is 0 Å². The third kappa shape index (κ3) is 6.61. The van der Waals surface area contributed by atoms with Crippen LogP contribution in [-0.4, -0.2) is 50.0 Å². The maximum Gasteiger partial charge on any atom is 0.127 e. The summed E-state index contributed by atoms with van der Waals surface area (Å²) in [5.41, 5.74) is 7.97. The van der Waals surface area contributed by atoms with Crippen LogP contribution in [0.15, 0.2) is 42.5 Å². The number of piperidine rings is 1. The minimum atomic E-state index is -0.298. The molecule has 7 heteroatoms. The molecular formula is C25H33ClN2O4. The van der Waals surface area contributed by atoms with Crippen molar-refractivity contribution in [2.24, 2.45) is 5.73 Å². The number of nitrogens with zero attached hydrogens (tertiary/aromatic N) is 1. The molecule has 0 saturated carbocycles. The lowest BCUT2D eigenvalue weighted by atomic mass is 9.93. The normalized spacial score (nSPS) is 17.2. The molecule has 2 aromatic carbocycles. The van der Waals surface area contributed by atoms with E-state index in [4.69, 9.17) is 31.5 Å². The topological polar surface area (TPSA) is 74.0 Å². The molecule has 0 aromatic heterocycles. The predicted octanol–water partition coefficient (Wildman–Crippen LogP) is 4.33. The van der Waals surface area contributed by atoms with Crippen molar-refractivity contribution in [3.05, 3.63) is 53.6 Å². The number of methoxy groups -OCH3 is 2. The van der Waals surface area contributed by atoms with Crippen LogP contribution in [-0.2, 0) is 11.4 Å². The molecule has 1 fully saturated rings. The van der Waals surface area contributed by atoms with Crippen LogP contribution in [0.1, 0.15) is 42.7 Å². The first-order chi connectivity index (χ1) is 15.5. The zero-order chi connectivity index (χ0) is 22.9. The van der Waals surface area contributed by atoms with Gasteiger partial charge in [0.05, 0.1) is 14.2 Å². The quantitative estimate of drug-likeness (QED) is 0.305. The maximum absolute atomic E-state index is 11.8. The number of halogens is 1. The smallest absolute Gasteiger partial charge is 0.127 e. The van der Waals surface area contributed by atoms with E-state index in [9.17, 15) is 4.79 Å². The fraction of sp³-hybridized carbons (Fsp3) is 0.480. The number of nitrogens with two attached hydrogens (primary N) is 1. The second-order valence-electron chi connectivity index (χ2n) is 8.19. The molecule has 2 aromatic rings. The SMILES string of the molecule is COc1cc(COc2ccc(C(C=O)CC(N)C(Cl)N3CCCCC3)cc2)cc(OC)c1. The van der Waals surface area contributed by atoms with Crippen LogP contribution in [0, 0.1) is 0 Å². The summed E-state index contributed by atoms with van der Waals surface area (Å²) in [5, 5.41) is 0. The van der Waals surface area contributed by atoms with Crippen LogP contribution in [0.2, 0.25) is 0 Å². The van der Waals surface area contributed by atoms with Crippen LogP contribution in [0.5, 0.6) is 17.2 Å². The molecule has 2 N–H and O–H groups in total. The molecule has 0 radical (unpaired) electrons. The van der Waals surface area contributed by atoms with E-state index in [2.05, 4.69) is 4.90 Å². The lowest BCUT2D eigenvalue weighted by Gasteiger charge is -2.34. The minimum absolute atomic E-state index is 0.250. The average Bonchev–Trinajstić information content (AvgIpc) is 2.86. The largest absolute Gasteiger partial charge is 0.497 e. The second-order valence-corrected chi connectivity index (χ2v) is 8.64. The highest BCUT2D eigenvalue weighted by molar-refractivity contribution is 6.20. The number of alkyl halides is 1. The Balaban J connectivity index is 1.58. The predicted molar refractivity (Wildman–Crippen MR) is 127 cm³/mol. The molecule has 1 aliphatic heterocycles. The summed E-state index contributed by atoms with van der Waals surface area (Å²) in [7, 11) is 3.24. The van der Waals surface area contributed by atoms with Gasteiger partial charge in [-0.2, -0.15) is 0 Å². The number of hydrogen-bond acceptors (Lipinski definition) is 6. The minimum Gasteiger partial charge on any atom is -0.497 e. The molecule has 1 heterocycles. The van der Waals surface area contributed by atoms with E-state index in [0.29, 0.717) is 30.3 Å². The Bertz CT molecular complexity index is 833. The number of carbonyl (C=O) groups excluding carboxylic acids is 1. The highest BCUT2D eigenvalue weighted by Gasteiger charge is 2.27. The van der Waals surface area contributed by atoms with Crippen molar-refractivity contribution >= 4 is 17.9 Å². The van der Waals surface area contributed by atoms with Gasteiger partial charge in [-0.05, 0) is 67.7 Å².